The fourth-order valence-corrected chi connectivity index (χ4v) is 4.35. The summed E-state index contributed by atoms with van der Waals surface area (Å²) >= 11 is 0. The molecule has 1 fully saturated rings. The number of amides is 1. The lowest BCUT2D eigenvalue weighted by molar-refractivity contribution is -0.134. The summed E-state index contributed by atoms with van der Waals surface area (Å²) < 4.78 is 8.09. The van der Waals surface area contributed by atoms with Crippen LogP contribution in [-0.2, 0) is 17.9 Å². The summed E-state index contributed by atoms with van der Waals surface area (Å²) in [6.45, 7) is 8.56. The molecule has 1 saturated heterocycles. The van der Waals surface area contributed by atoms with Crippen molar-refractivity contribution in [2.45, 2.75) is 45.7 Å². The van der Waals surface area contributed by atoms with Gasteiger partial charge in [0.2, 0.25) is 0 Å². The lowest BCUT2D eigenvalue weighted by Crippen LogP contribution is -2.41. The van der Waals surface area contributed by atoms with Crippen molar-refractivity contribution in [1.82, 2.24) is 19.4 Å². The van der Waals surface area contributed by atoms with Gasteiger partial charge in [-0.25, -0.2) is 4.98 Å². The minimum absolute atomic E-state index is 0.0442. The molecule has 0 aliphatic carbocycles. The van der Waals surface area contributed by atoms with Crippen LogP contribution in [-0.4, -0.2) is 58.5 Å². The van der Waals surface area contributed by atoms with Crippen LogP contribution in [0.2, 0.25) is 0 Å². The molecule has 0 spiro atoms. The number of rotatable bonds is 4. The van der Waals surface area contributed by atoms with E-state index in [1.807, 2.05) is 36.1 Å². The average Bonchev–Trinajstić information content (AvgIpc) is 3.04. The Balaban J connectivity index is 1.45. The van der Waals surface area contributed by atoms with E-state index < -0.39 is 0 Å². The van der Waals surface area contributed by atoms with E-state index in [1.54, 1.807) is 0 Å². The number of benzene rings is 1. The number of ether oxygens (including phenoxy) is 1. The van der Waals surface area contributed by atoms with Crippen LogP contribution < -0.4 is 4.74 Å². The van der Waals surface area contributed by atoms with Gasteiger partial charge < -0.3 is 19.1 Å². The first kappa shape index (κ1) is 19.0. The van der Waals surface area contributed by atoms with Crippen molar-refractivity contribution in [1.29, 1.82) is 0 Å². The van der Waals surface area contributed by atoms with E-state index in [2.05, 4.69) is 23.4 Å². The van der Waals surface area contributed by atoms with Gasteiger partial charge in [0.15, 0.2) is 6.61 Å². The Kier molecular flexibility index (Phi) is 5.40. The zero-order valence-corrected chi connectivity index (χ0v) is 17.1. The molecule has 2 aliphatic rings. The number of aryl methyl sites for hydroxylation is 2. The maximum Gasteiger partial charge on any atom is 0.260 e. The topological polar surface area (TPSA) is 50.6 Å². The Labute approximate surface area is 167 Å². The Morgan fingerprint density at radius 3 is 2.64 bits per heavy atom. The van der Waals surface area contributed by atoms with Gasteiger partial charge in [-0.1, -0.05) is 18.2 Å². The quantitative estimate of drug-likeness (QED) is 0.816. The maximum absolute atomic E-state index is 12.8. The van der Waals surface area contributed by atoms with Crippen molar-refractivity contribution in [3.8, 4) is 5.75 Å². The normalized spacial score (nSPS) is 18.2. The summed E-state index contributed by atoms with van der Waals surface area (Å²) in [5.41, 5.74) is 3.48. The summed E-state index contributed by atoms with van der Waals surface area (Å²) in [6, 6.07) is 7.82. The van der Waals surface area contributed by atoms with Crippen LogP contribution >= 0.6 is 0 Å². The van der Waals surface area contributed by atoms with Crippen molar-refractivity contribution in [2.75, 3.05) is 33.3 Å². The highest BCUT2D eigenvalue weighted by molar-refractivity contribution is 5.78. The summed E-state index contributed by atoms with van der Waals surface area (Å²) in [6.07, 6.45) is 2.29. The highest BCUT2D eigenvalue weighted by Gasteiger charge is 2.30. The number of hydrogen-bond donors (Lipinski definition) is 0. The van der Waals surface area contributed by atoms with Crippen molar-refractivity contribution < 1.29 is 9.53 Å². The van der Waals surface area contributed by atoms with Crippen LogP contribution in [0.25, 0.3) is 0 Å². The largest absolute Gasteiger partial charge is 0.484 e. The van der Waals surface area contributed by atoms with E-state index in [9.17, 15) is 4.79 Å². The molecule has 2 aromatic rings. The molecule has 0 unspecified atom stereocenters. The lowest BCUT2D eigenvalue weighted by Gasteiger charge is -2.32. The molecule has 1 aromatic heterocycles. The first-order chi connectivity index (χ1) is 13.5. The molecular weight excluding hydrogens is 352 g/mol. The van der Waals surface area contributed by atoms with Crippen LogP contribution in [0.15, 0.2) is 24.3 Å². The Hall–Kier alpha value is -2.34. The number of likely N-dealkylation sites (tertiary alicyclic amines) is 1. The van der Waals surface area contributed by atoms with Gasteiger partial charge in [-0.05, 0) is 58.5 Å². The van der Waals surface area contributed by atoms with E-state index in [4.69, 9.17) is 9.72 Å². The van der Waals surface area contributed by atoms with E-state index in [1.165, 1.54) is 11.4 Å². The molecule has 4 rings (SSSR count). The molecule has 0 radical (unpaired) electrons. The number of imidazole rings is 1. The van der Waals surface area contributed by atoms with Crippen LogP contribution in [0.3, 0.4) is 0 Å². The van der Waals surface area contributed by atoms with E-state index >= 15 is 0 Å². The van der Waals surface area contributed by atoms with Gasteiger partial charge in [0, 0.05) is 19.0 Å². The zero-order chi connectivity index (χ0) is 19.7. The smallest absolute Gasteiger partial charge is 0.260 e. The number of para-hydroxylation sites is 1. The number of piperidine rings is 1. The van der Waals surface area contributed by atoms with Crippen molar-refractivity contribution >= 4 is 5.91 Å². The Bertz CT molecular complexity index is 852. The predicted octanol–water partition coefficient (Wildman–Crippen LogP) is 2.73. The second-order valence-corrected chi connectivity index (χ2v) is 8.09. The summed E-state index contributed by atoms with van der Waals surface area (Å²) in [5.74, 6) is 2.40. The summed E-state index contributed by atoms with van der Waals surface area (Å²) in [4.78, 5) is 22.0. The number of nitrogens with zero attached hydrogens (tertiary/aromatic N) is 4. The summed E-state index contributed by atoms with van der Waals surface area (Å²) in [5, 5.41) is 0. The third-order valence-corrected chi connectivity index (χ3v) is 6.13. The first-order valence-corrected chi connectivity index (χ1v) is 10.2. The minimum Gasteiger partial charge on any atom is -0.484 e. The third-order valence-electron chi connectivity index (χ3n) is 6.13. The molecule has 28 heavy (non-hydrogen) atoms. The van der Waals surface area contributed by atoms with Crippen molar-refractivity contribution in [3.63, 3.8) is 0 Å². The molecule has 0 saturated carbocycles. The fraction of sp³-hybridized carbons (Fsp3) is 0.545. The second-order valence-electron chi connectivity index (χ2n) is 8.09. The van der Waals surface area contributed by atoms with E-state index in [-0.39, 0.29) is 12.5 Å². The molecule has 0 bridgehead atoms. The lowest BCUT2D eigenvalue weighted by atomic mass is 9.92. The van der Waals surface area contributed by atoms with Crippen molar-refractivity contribution in [2.24, 2.45) is 0 Å². The molecule has 1 amide bonds. The standard InChI is InChI=1S/C22H30N4O2/c1-16-6-4-5-7-20(16)28-15-21(27)25-12-13-26-17(2)23-22(19(26)14-25)18-8-10-24(3)11-9-18/h4-7,18H,8-15H2,1-3H3. The van der Waals surface area contributed by atoms with Crippen LogP contribution in [0.5, 0.6) is 5.75 Å². The van der Waals surface area contributed by atoms with E-state index in [0.29, 0.717) is 19.0 Å². The third kappa shape index (κ3) is 3.78. The molecule has 6 heteroatoms. The highest BCUT2D eigenvalue weighted by Crippen LogP contribution is 2.32. The number of carbonyl (C=O) groups excluding carboxylic acids is 1. The Morgan fingerprint density at radius 1 is 1.14 bits per heavy atom. The SMILES string of the molecule is Cc1ccccc1OCC(=O)N1CCn2c(C)nc(C3CCN(C)CC3)c2C1. The molecule has 0 N–H and O–H groups in total. The summed E-state index contributed by atoms with van der Waals surface area (Å²) in [7, 11) is 2.18. The fourth-order valence-electron chi connectivity index (χ4n) is 4.35. The number of fused-ring (bicyclic) bond motifs is 1. The number of hydrogen-bond acceptors (Lipinski definition) is 4. The maximum atomic E-state index is 12.8. The molecule has 1 aromatic carbocycles. The van der Waals surface area contributed by atoms with E-state index in [0.717, 1.165) is 49.6 Å². The second kappa shape index (κ2) is 7.95. The number of carbonyl (C=O) groups is 1. The molecule has 2 aliphatic heterocycles. The van der Waals surface area contributed by atoms with Crippen molar-refractivity contribution in [3.05, 3.63) is 47.0 Å². The average molecular weight is 383 g/mol. The van der Waals surface area contributed by atoms with Crippen LogP contribution in [0.4, 0.5) is 0 Å². The van der Waals surface area contributed by atoms with Gasteiger partial charge in [-0.2, -0.15) is 0 Å². The molecule has 150 valence electrons. The molecule has 0 atom stereocenters. The molecule has 3 heterocycles. The molecule has 6 nitrogen and oxygen atoms in total. The minimum atomic E-state index is 0.0442. The van der Waals surface area contributed by atoms with Crippen LogP contribution in [0, 0.1) is 13.8 Å². The van der Waals surface area contributed by atoms with Gasteiger partial charge in [0.1, 0.15) is 11.6 Å². The predicted molar refractivity (Wildman–Crippen MR) is 109 cm³/mol. The number of aromatic nitrogens is 2. The van der Waals surface area contributed by atoms with Gasteiger partial charge in [-0.3, -0.25) is 4.79 Å². The van der Waals surface area contributed by atoms with Gasteiger partial charge >= 0.3 is 0 Å². The highest BCUT2D eigenvalue weighted by atomic mass is 16.5. The van der Waals surface area contributed by atoms with Gasteiger partial charge in [0.05, 0.1) is 17.9 Å². The van der Waals surface area contributed by atoms with Gasteiger partial charge in [0.25, 0.3) is 5.91 Å². The van der Waals surface area contributed by atoms with Gasteiger partial charge in [-0.15, -0.1) is 0 Å². The molecular formula is C22H30N4O2. The van der Waals surface area contributed by atoms with Crippen LogP contribution in [0.1, 0.15) is 41.5 Å². The zero-order valence-electron chi connectivity index (χ0n) is 17.1. The monoisotopic (exact) mass is 382 g/mol. The first-order valence-electron chi connectivity index (χ1n) is 10.2. The Morgan fingerprint density at radius 2 is 1.89 bits per heavy atom.